The fourth-order valence-corrected chi connectivity index (χ4v) is 2.77. The van der Waals surface area contributed by atoms with Crippen LogP contribution in [0, 0.1) is 0 Å². The molecule has 2 rings (SSSR count). The second-order valence-electron chi connectivity index (χ2n) is 5.04. The summed E-state index contributed by atoms with van der Waals surface area (Å²) in [5.74, 6) is 0. The topological polar surface area (TPSA) is 12.0 Å². The average Bonchev–Trinajstić information content (AvgIpc) is 2.48. The van der Waals surface area contributed by atoms with E-state index in [0.29, 0.717) is 0 Å². The van der Waals surface area contributed by atoms with E-state index >= 15 is 0 Å². The number of aryl methyl sites for hydroxylation is 1. The summed E-state index contributed by atoms with van der Waals surface area (Å²) in [5, 5.41) is 3.65. The number of benzene rings is 2. The van der Waals surface area contributed by atoms with Gasteiger partial charge in [-0.1, -0.05) is 66.2 Å². The minimum absolute atomic E-state index is 0.262. The monoisotopic (exact) mass is 331 g/mol. The van der Waals surface area contributed by atoms with Crippen molar-refractivity contribution >= 4 is 15.9 Å². The Morgan fingerprint density at radius 2 is 1.75 bits per heavy atom. The van der Waals surface area contributed by atoms with Crippen molar-refractivity contribution in [3.05, 3.63) is 69.7 Å². The van der Waals surface area contributed by atoms with Gasteiger partial charge >= 0.3 is 0 Å². The summed E-state index contributed by atoms with van der Waals surface area (Å²) in [6.45, 7) is 5.41. The van der Waals surface area contributed by atoms with Gasteiger partial charge in [-0.3, -0.25) is 0 Å². The molecule has 0 amide bonds. The normalized spacial score (nSPS) is 12.3. The molecular formula is C18H22BrN. The molecule has 0 saturated carbocycles. The van der Waals surface area contributed by atoms with Crippen LogP contribution in [-0.2, 0) is 6.42 Å². The Morgan fingerprint density at radius 1 is 1.00 bits per heavy atom. The molecular weight excluding hydrogens is 310 g/mol. The summed E-state index contributed by atoms with van der Waals surface area (Å²) < 4.78 is 1.13. The standard InChI is InChI=1S/C18H22BrN/c1-3-12-20-18(16-6-5-7-17(19)13-16)15-10-8-14(4-2)9-11-15/h5-11,13,18,20H,3-4,12H2,1-2H3. The van der Waals surface area contributed by atoms with E-state index in [-0.39, 0.29) is 6.04 Å². The number of hydrogen-bond donors (Lipinski definition) is 1. The third kappa shape index (κ3) is 3.94. The smallest absolute Gasteiger partial charge is 0.0577 e. The van der Waals surface area contributed by atoms with Crippen LogP contribution in [0.25, 0.3) is 0 Å². The number of nitrogens with one attached hydrogen (secondary N) is 1. The predicted octanol–water partition coefficient (Wildman–Crippen LogP) is 5.10. The van der Waals surface area contributed by atoms with Crippen LogP contribution in [0.2, 0.25) is 0 Å². The molecule has 20 heavy (non-hydrogen) atoms. The van der Waals surface area contributed by atoms with Crippen molar-refractivity contribution in [2.75, 3.05) is 6.54 Å². The first-order valence-corrected chi connectivity index (χ1v) is 8.11. The Bertz CT molecular complexity index is 533. The van der Waals surface area contributed by atoms with E-state index < -0.39 is 0 Å². The largest absolute Gasteiger partial charge is 0.306 e. The van der Waals surface area contributed by atoms with Crippen LogP contribution in [0.5, 0.6) is 0 Å². The van der Waals surface area contributed by atoms with Crippen LogP contribution in [0.4, 0.5) is 0 Å². The molecule has 0 aliphatic rings. The molecule has 0 radical (unpaired) electrons. The number of rotatable bonds is 6. The Kier molecular flexibility index (Phi) is 5.81. The van der Waals surface area contributed by atoms with E-state index in [4.69, 9.17) is 0 Å². The lowest BCUT2D eigenvalue weighted by Crippen LogP contribution is -2.23. The first kappa shape index (κ1) is 15.3. The number of halogens is 1. The lowest BCUT2D eigenvalue weighted by molar-refractivity contribution is 0.598. The zero-order valence-corrected chi connectivity index (χ0v) is 13.8. The van der Waals surface area contributed by atoms with Gasteiger partial charge in [0.05, 0.1) is 6.04 Å². The highest BCUT2D eigenvalue weighted by Gasteiger charge is 2.13. The summed E-state index contributed by atoms with van der Waals surface area (Å²) in [7, 11) is 0. The van der Waals surface area contributed by atoms with Crippen molar-refractivity contribution in [1.82, 2.24) is 5.32 Å². The van der Waals surface area contributed by atoms with E-state index in [1.807, 2.05) is 0 Å². The Morgan fingerprint density at radius 3 is 2.35 bits per heavy atom. The maximum atomic E-state index is 3.65. The summed E-state index contributed by atoms with van der Waals surface area (Å²) >= 11 is 3.57. The highest BCUT2D eigenvalue weighted by Crippen LogP contribution is 2.25. The van der Waals surface area contributed by atoms with Crippen LogP contribution >= 0.6 is 15.9 Å². The highest BCUT2D eigenvalue weighted by molar-refractivity contribution is 9.10. The van der Waals surface area contributed by atoms with E-state index in [0.717, 1.165) is 23.9 Å². The van der Waals surface area contributed by atoms with Crippen LogP contribution in [0.15, 0.2) is 53.0 Å². The Labute approximate surface area is 130 Å². The van der Waals surface area contributed by atoms with Gasteiger partial charge in [0.15, 0.2) is 0 Å². The molecule has 0 fully saturated rings. The third-order valence-electron chi connectivity index (χ3n) is 3.50. The summed E-state index contributed by atoms with van der Waals surface area (Å²) in [6.07, 6.45) is 2.22. The van der Waals surface area contributed by atoms with E-state index in [1.165, 1.54) is 16.7 Å². The van der Waals surface area contributed by atoms with E-state index in [1.54, 1.807) is 0 Å². The lowest BCUT2D eigenvalue weighted by atomic mass is 9.97. The molecule has 1 N–H and O–H groups in total. The third-order valence-corrected chi connectivity index (χ3v) is 4.00. The molecule has 2 aromatic rings. The van der Waals surface area contributed by atoms with Crippen molar-refractivity contribution in [1.29, 1.82) is 0 Å². The molecule has 0 heterocycles. The van der Waals surface area contributed by atoms with Crippen LogP contribution in [0.3, 0.4) is 0 Å². The van der Waals surface area contributed by atoms with Crippen molar-refractivity contribution in [2.24, 2.45) is 0 Å². The van der Waals surface area contributed by atoms with Gasteiger partial charge in [0.2, 0.25) is 0 Å². The number of hydrogen-bond acceptors (Lipinski definition) is 1. The van der Waals surface area contributed by atoms with Gasteiger partial charge in [0, 0.05) is 4.47 Å². The molecule has 2 heteroatoms. The predicted molar refractivity (Wildman–Crippen MR) is 90.1 cm³/mol. The van der Waals surface area contributed by atoms with Gasteiger partial charge in [-0.15, -0.1) is 0 Å². The Hall–Kier alpha value is -1.12. The van der Waals surface area contributed by atoms with Gasteiger partial charge in [-0.25, -0.2) is 0 Å². The first-order chi connectivity index (χ1) is 9.74. The summed E-state index contributed by atoms with van der Waals surface area (Å²) in [6, 6.07) is 17.8. The first-order valence-electron chi connectivity index (χ1n) is 7.32. The fourth-order valence-electron chi connectivity index (χ4n) is 2.35. The van der Waals surface area contributed by atoms with Crippen molar-refractivity contribution in [2.45, 2.75) is 32.7 Å². The van der Waals surface area contributed by atoms with Crippen molar-refractivity contribution in [3.63, 3.8) is 0 Å². The molecule has 106 valence electrons. The molecule has 0 aliphatic carbocycles. The van der Waals surface area contributed by atoms with Crippen LogP contribution < -0.4 is 5.32 Å². The summed E-state index contributed by atoms with van der Waals surface area (Å²) in [5.41, 5.74) is 4.02. The SMILES string of the molecule is CCCNC(c1ccc(CC)cc1)c1cccc(Br)c1. The summed E-state index contributed by atoms with van der Waals surface area (Å²) in [4.78, 5) is 0. The van der Waals surface area contributed by atoms with Gasteiger partial charge < -0.3 is 5.32 Å². The van der Waals surface area contributed by atoms with Crippen LogP contribution in [0.1, 0.15) is 43.0 Å². The molecule has 0 spiro atoms. The van der Waals surface area contributed by atoms with Crippen LogP contribution in [-0.4, -0.2) is 6.54 Å². The zero-order chi connectivity index (χ0) is 14.4. The maximum absolute atomic E-state index is 3.65. The lowest BCUT2D eigenvalue weighted by Gasteiger charge is -2.20. The molecule has 1 atom stereocenters. The second kappa shape index (κ2) is 7.61. The van der Waals surface area contributed by atoms with E-state index in [2.05, 4.69) is 83.6 Å². The second-order valence-corrected chi connectivity index (χ2v) is 5.95. The van der Waals surface area contributed by atoms with Gasteiger partial charge in [-0.2, -0.15) is 0 Å². The fraction of sp³-hybridized carbons (Fsp3) is 0.333. The molecule has 2 aromatic carbocycles. The molecule has 0 saturated heterocycles. The molecule has 0 aromatic heterocycles. The quantitative estimate of drug-likeness (QED) is 0.776. The minimum atomic E-state index is 0.262. The molecule has 0 aliphatic heterocycles. The molecule has 0 bridgehead atoms. The van der Waals surface area contributed by atoms with Gasteiger partial charge in [-0.05, 0) is 48.2 Å². The average molecular weight is 332 g/mol. The minimum Gasteiger partial charge on any atom is -0.306 e. The van der Waals surface area contributed by atoms with Gasteiger partial charge in [0.25, 0.3) is 0 Å². The van der Waals surface area contributed by atoms with Crippen molar-refractivity contribution < 1.29 is 0 Å². The van der Waals surface area contributed by atoms with E-state index in [9.17, 15) is 0 Å². The van der Waals surface area contributed by atoms with Gasteiger partial charge in [0.1, 0.15) is 0 Å². The van der Waals surface area contributed by atoms with Crippen molar-refractivity contribution in [3.8, 4) is 0 Å². The Balaban J connectivity index is 2.30. The highest BCUT2D eigenvalue weighted by atomic mass is 79.9. The molecule has 1 unspecified atom stereocenters. The maximum Gasteiger partial charge on any atom is 0.0577 e. The zero-order valence-electron chi connectivity index (χ0n) is 12.2. The molecule has 1 nitrogen and oxygen atoms in total.